The van der Waals surface area contributed by atoms with E-state index >= 15 is 47.9 Å². The minimum Gasteiger partial charge on any atom is -0.508 e. The van der Waals surface area contributed by atoms with Gasteiger partial charge >= 0.3 is 5.97 Å². The van der Waals surface area contributed by atoms with E-state index in [1.807, 2.05) is 6.92 Å². The van der Waals surface area contributed by atoms with Crippen molar-refractivity contribution in [1.82, 2.24) is 97.6 Å². The van der Waals surface area contributed by atoms with E-state index in [2.05, 4.69) is 73.1 Å². The number of carboxylic acids is 1. The van der Waals surface area contributed by atoms with Crippen LogP contribution in [0.15, 0.2) is 97.7 Å². The first-order chi connectivity index (χ1) is 65.4. The number of thioether (sulfide) groups is 1. The van der Waals surface area contributed by atoms with Gasteiger partial charge in [0.25, 0.3) is 0 Å². The number of amides is 18. The Hall–Kier alpha value is -14.1. The van der Waals surface area contributed by atoms with Crippen molar-refractivity contribution in [2.75, 3.05) is 58.4 Å². The Morgan fingerprint density at radius 3 is 1.60 bits per heavy atom. The molecule has 15 atom stereocenters. The number of rotatable bonds is 26. The smallest absolute Gasteiger partial charge is 0.303 e. The van der Waals surface area contributed by atoms with Gasteiger partial charge in [0.05, 0.1) is 37.8 Å². The quantitative estimate of drug-likeness (QED) is 0.0250. The number of nitrogens with two attached hydrogens (primary N) is 3. The van der Waals surface area contributed by atoms with Crippen molar-refractivity contribution >= 4 is 146 Å². The normalized spacial score (nSPS) is 25.0. The molecule has 6 aromatic rings. The summed E-state index contributed by atoms with van der Waals surface area (Å²) in [5, 5.41) is 70.0. The molecule has 4 aliphatic rings. The lowest BCUT2D eigenvalue weighted by Crippen LogP contribution is -2.62. The van der Waals surface area contributed by atoms with Crippen LogP contribution >= 0.6 is 11.8 Å². The van der Waals surface area contributed by atoms with Crippen LogP contribution in [-0.2, 0) is 117 Å². The number of nitrogens with zero attached hydrogens (tertiary/aromatic N) is 6. The van der Waals surface area contributed by atoms with Crippen LogP contribution < -0.4 is 70.4 Å². The molecular weight excluding hydrogens is 1800 g/mol. The zero-order chi connectivity index (χ0) is 99.4. The highest BCUT2D eigenvalue weighted by Gasteiger charge is 2.48. The number of imidazole rings is 1. The molecule has 4 aliphatic heterocycles. The molecule has 0 aliphatic carbocycles. The summed E-state index contributed by atoms with van der Waals surface area (Å²) in [4.78, 5) is 295. The lowest BCUT2D eigenvalue weighted by Gasteiger charge is -2.38. The summed E-state index contributed by atoms with van der Waals surface area (Å²) in [5.41, 5.74) is 19.6. The number of piperidine rings is 1. The average molecular weight is 1920 g/mol. The fraction of sp³-hybridized carbons (Fsp3) is 0.516. The molecule has 0 unspecified atom stereocenters. The fourth-order valence-electron chi connectivity index (χ4n) is 17.4. The number of aliphatic hydroxyl groups excluding tert-OH is 2. The molecule has 4 fully saturated rings. The summed E-state index contributed by atoms with van der Waals surface area (Å²) in [7, 11) is 2.58. The molecule has 0 saturated carbocycles. The van der Waals surface area contributed by atoms with Crippen LogP contribution in [0.5, 0.6) is 5.75 Å². The van der Waals surface area contributed by atoms with E-state index < -0.39 is 273 Å². The van der Waals surface area contributed by atoms with Crippen LogP contribution in [0, 0.1) is 0 Å². The summed E-state index contributed by atoms with van der Waals surface area (Å²) < 4.78 is 0. The molecule has 18 amide bonds. The lowest BCUT2D eigenvalue weighted by molar-refractivity contribution is -0.149. The van der Waals surface area contributed by atoms with Gasteiger partial charge in [-0.15, -0.1) is 11.8 Å². The summed E-state index contributed by atoms with van der Waals surface area (Å²) in [6, 6.07) is -3.65. The highest BCUT2D eigenvalue weighted by atomic mass is 32.2. The molecule has 137 heavy (non-hydrogen) atoms. The molecule has 3 aromatic carbocycles. The zero-order valence-electron chi connectivity index (χ0n) is 76.6. The van der Waals surface area contributed by atoms with E-state index in [0.717, 1.165) is 19.6 Å². The number of aliphatic carboxylic acids is 1. The number of fused-ring (bicyclic) bond motifs is 5. The monoisotopic (exact) mass is 1920 g/mol. The number of H-pyrrole nitrogens is 3. The molecular formula is C91H122N22O23S. The number of primary amides is 3. The molecule has 3 aromatic heterocycles. The third kappa shape index (κ3) is 28.8. The van der Waals surface area contributed by atoms with E-state index in [9.17, 15) is 63.6 Å². The van der Waals surface area contributed by atoms with E-state index in [1.54, 1.807) is 67.8 Å². The van der Waals surface area contributed by atoms with E-state index in [4.69, 9.17) is 17.2 Å². The molecule has 0 radical (unpaired) electrons. The van der Waals surface area contributed by atoms with Crippen LogP contribution in [0.25, 0.3) is 21.8 Å². The van der Waals surface area contributed by atoms with Crippen LogP contribution in [0.1, 0.15) is 145 Å². The van der Waals surface area contributed by atoms with Gasteiger partial charge in [-0.1, -0.05) is 88.1 Å². The van der Waals surface area contributed by atoms with Gasteiger partial charge in [0.15, 0.2) is 0 Å². The Bertz CT molecular complexity index is 5360. The Balaban J connectivity index is 1.03. The Kier molecular flexibility index (Phi) is 38.3. The second-order valence-corrected chi connectivity index (χ2v) is 35.8. The van der Waals surface area contributed by atoms with Gasteiger partial charge in [0.2, 0.25) is 106 Å². The van der Waals surface area contributed by atoms with Crippen molar-refractivity contribution in [1.29, 1.82) is 0 Å². The molecule has 4 saturated heterocycles. The van der Waals surface area contributed by atoms with Gasteiger partial charge in [0, 0.05) is 131 Å². The molecule has 45 nitrogen and oxygen atoms in total. The predicted octanol–water partition coefficient (Wildman–Crippen LogP) is -3.57. The number of likely N-dealkylation sites (N-methyl/N-ethyl adjacent to an activating group) is 2. The highest BCUT2D eigenvalue weighted by Crippen LogP contribution is 2.29. The predicted molar refractivity (Wildman–Crippen MR) is 494 cm³/mol. The maximum Gasteiger partial charge on any atom is 0.303 e. The van der Waals surface area contributed by atoms with Gasteiger partial charge < -0.3 is 130 Å². The maximum atomic E-state index is 15.7. The standard InChI is InChI=1S/C91H122N22O23S/c1-5-7-20-68-83(128)101-59(29-31-77(121)122)79(124)108-67(78(123)98-43-75(94)119)46-137-47-76(120)100-63(34-49-24-26-53(115)27-25-49)89(134)111-32-14-13-22-69(111)85(130)106-65(39-74(93)118)90(135)112-33-15-23-70(112)84(129)104-62(37-52-42-95-48-99-52)81(126)102-60(28-30-73(92)117)88(133)113-44-54(116)38-72(113)86(131)103-61(35-50-40-96-57-18-11-9-16-55(50)57)80(125)107-66(45-114)82(127)105-64(36-51-41-97-58-19-12-10-17-56(51)58)87(132)110(4)71(21-8-6-2)91(136)109(68)3/h9-12,16-19,24-27,40-42,48,54,59-72,96-97,114-116H,5-8,13-15,20-23,28-39,43-47H2,1-4H3,(H2,92,117)(H2,93,118)(H2,94,119)(H,95,99)(H,98,123)(H,100,120)(H,101,128)(H,102,126)(H,103,131)(H,104,129)(H,105,127)(H,106,130)(H,107,125)(H,108,124)(H,121,122)/t54-,59+,60+,61+,62+,63+,64+,65+,66+,67+,68+,69+,70+,71+,72+/m1/s1. The average Bonchev–Trinajstić information content (AvgIpc) is 1.68. The Morgan fingerprint density at radius 1 is 0.496 bits per heavy atom. The lowest BCUT2D eigenvalue weighted by atomic mass is 9.97. The van der Waals surface area contributed by atoms with Crippen molar-refractivity contribution in [3.8, 4) is 5.75 Å². The van der Waals surface area contributed by atoms with Crippen molar-refractivity contribution in [3.05, 3.63) is 120 Å². The molecule has 7 heterocycles. The minimum absolute atomic E-state index is 0.0364. The number of carboxylic acid groups (broad SMARTS) is 1. The number of hydrogen-bond acceptors (Lipinski definition) is 24. The van der Waals surface area contributed by atoms with Crippen molar-refractivity contribution < 1.29 is 112 Å². The number of carbonyl (C=O) groups excluding carboxylic acids is 18. The second kappa shape index (κ2) is 50.0. The first-order valence-electron chi connectivity index (χ1n) is 45.7. The number of aromatic nitrogens is 4. The number of unbranched alkanes of at least 4 members (excludes halogenated alkanes) is 2. The van der Waals surface area contributed by atoms with Gasteiger partial charge in [-0.2, -0.15) is 0 Å². The molecule has 740 valence electrons. The summed E-state index contributed by atoms with van der Waals surface area (Å²) in [5.74, 6) is -20.8. The number of carbonyl (C=O) groups is 19. The third-order valence-electron chi connectivity index (χ3n) is 24.7. The number of nitrogens with one attached hydrogen (secondary N) is 13. The van der Waals surface area contributed by atoms with E-state index in [1.165, 1.54) is 55.8 Å². The van der Waals surface area contributed by atoms with E-state index in [-0.39, 0.29) is 95.2 Å². The number of aromatic hydroxyl groups is 1. The Labute approximate surface area is 792 Å². The van der Waals surface area contributed by atoms with Crippen molar-refractivity contribution in [2.45, 2.75) is 239 Å². The van der Waals surface area contributed by atoms with Crippen LogP contribution in [0.4, 0.5) is 0 Å². The van der Waals surface area contributed by atoms with Crippen LogP contribution in [0.3, 0.4) is 0 Å². The highest BCUT2D eigenvalue weighted by molar-refractivity contribution is 8.00. The fourth-order valence-corrected chi connectivity index (χ4v) is 18.3. The second-order valence-electron chi connectivity index (χ2n) is 34.7. The van der Waals surface area contributed by atoms with Gasteiger partial charge in [-0.05, 0) is 98.7 Å². The number of hydrogen-bond donors (Lipinski definition) is 20. The van der Waals surface area contributed by atoms with E-state index in [0.29, 0.717) is 75.9 Å². The van der Waals surface area contributed by atoms with Crippen LogP contribution in [0.2, 0.25) is 0 Å². The molecule has 0 spiro atoms. The summed E-state index contributed by atoms with van der Waals surface area (Å²) >= 11 is 0.716. The number of para-hydroxylation sites is 2. The Morgan fingerprint density at radius 2 is 1.01 bits per heavy atom. The number of aliphatic hydroxyl groups is 2. The van der Waals surface area contributed by atoms with Crippen LogP contribution in [-0.4, -0.2) is 326 Å². The topological polar surface area (TPSA) is 680 Å². The first kappa shape index (κ1) is 105. The number of benzene rings is 3. The zero-order valence-corrected chi connectivity index (χ0v) is 77.4. The SMILES string of the molecule is CCCC[C@H]1C(=O)N(C)[C@@H](CCCC)C(=O)N[C@@H](CCC(=O)O)C(=O)N[C@H](C(=O)NCC(N)=O)CSCC(=O)N[C@@H](Cc2ccc(O)cc2)C(=O)N2CCCC[C@H]2C(=O)N[C@@H](CC(N)=O)C(=O)N2CCC[C@H]2C(=O)N[C@@H](Cc2cnc[nH]2)C(=O)N[C@@H](CCC(N)=O)C(=O)N2C[C@H](O)C[C@H]2C(=O)N[C@@H](Cc2c[nH]c3ccccc23)C(=O)N[C@@H](CO)C(=O)N[C@@H](Cc2c[nH]c3ccccc23)C(=O)N1C. The molecule has 0 bridgehead atoms. The van der Waals surface area contributed by atoms with Crippen molar-refractivity contribution in [2.24, 2.45) is 17.2 Å². The van der Waals surface area contributed by atoms with Gasteiger partial charge in [-0.3, -0.25) is 91.1 Å². The third-order valence-corrected chi connectivity index (χ3v) is 25.8. The summed E-state index contributed by atoms with van der Waals surface area (Å²) in [6.45, 7) is 0.828. The molecule has 46 heteroatoms. The number of aromatic amines is 3. The molecule has 10 rings (SSSR count). The van der Waals surface area contributed by atoms with Gasteiger partial charge in [0.1, 0.15) is 90.3 Å². The first-order valence-corrected chi connectivity index (χ1v) is 46.8. The summed E-state index contributed by atoms with van der Waals surface area (Å²) in [6.07, 6.45) is 1.07. The maximum absolute atomic E-state index is 15.7. The largest absolute Gasteiger partial charge is 0.508 e. The number of phenolic OH excluding ortho intramolecular Hbond substituents is 1. The minimum atomic E-state index is -1.95. The molecule has 23 N–H and O–H groups in total. The van der Waals surface area contributed by atoms with Crippen molar-refractivity contribution in [3.63, 3.8) is 0 Å². The van der Waals surface area contributed by atoms with Gasteiger partial charge in [-0.25, -0.2) is 4.98 Å². The number of phenols is 1.